The molecule has 5 nitrogen and oxygen atoms in total. The standard InChI is InChI=1S/C17H15ClN2O3S/c18-14-7-5-12(6-8-14)9-10-24(22,23)20-15-4-2-1-3-13(15)11-16(20)17(19)21/h1-10,16H,11H2,(H2,19,21)/b10-9+/t16-/m0/s1. The Bertz CT molecular complexity index is 908. The average Bonchev–Trinajstić information content (AvgIpc) is 2.95. The Morgan fingerprint density at radius 2 is 1.83 bits per heavy atom. The summed E-state index contributed by atoms with van der Waals surface area (Å²) in [4.78, 5) is 11.7. The summed E-state index contributed by atoms with van der Waals surface area (Å²) in [7, 11) is -3.86. The van der Waals surface area contributed by atoms with Crippen LogP contribution in [-0.4, -0.2) is 20.4 Å². The second-order valence-corrected chi connectivity index (χ2v) is 7.58. The molecule has 0 aliphatic carbocycles. The van der Waals surface area contributed by atoms with Crippen LogP contribution < -0.4 is 10.0 Å². The van der Waals surface area contributed by atoms with Gasteiger partial charge in [-0.15, -0.1) is 0 Å². The largest absolute Gasteiger partial charge is 0.368 e. The van der Waals surface area contributed by atoms with Crippen molar-refractivity contribution in [3.8, 4) is 0 Å². The van der Waals surface area contributed by atoms with Crippen LogP contribution in [0.5, 0.6) is 0 Å². The molecular weight excluding hydrogens is 348 g/mol. The fourth-order valence-corrected chi connectivity index (χ4v) is 4.26. The van der Waals surface area contributed by atoms with Crippen LogP contribution in [0.25, 0.3) is 6.08 Å². The van der Waals surface area contributed by atoms with Gasteiger partial charge in [0.15, 0.2) is 0 Å². The molecule has 2 N–H and O–H groups in total. The van der Waals surface area contributed by atoms with Crippen molar-refractivity contribution in [2.75, 3.05) is 4.31 Å². The molecule has 0 saturated carbocycles. The number of fused-ring (bicyclic) bond motifs is 1. The fraction of sp³-hybridized carbons (Fsp3) is 0.118. The van der Waals surface area contributed by atoms with E-state index in [-0.39, 0.29) is 6.42 Å². The first-order chi connectivity index (χ1) is 11.4. The molecule has 0 radical (unpaired) electrons. The predicted molar refractivity (Wildman–Crippen MR) is 95.0 cm³/mol. The maximum atomic E-state index is 12.8. The number of benzene rings is 2. The van der Waals surface area contributed by atoms with Crippen molar-refractivity contribution < 1.29 is 13.2 Å². The topological polar surface area (TPSA) is 80.5 Å². The van der Waals surface area contributed by atoms with Crippen molar-refractivity contribution in [3.05, 3.63) is 70.1 Å². The summed E-state index contributed by atoms with van der Waals surface area (Å²) in [5, 5.41) is 1.64. The summed E-state index contributed by atoms with van der Waals surface area (Å²) in [6, 6.07) is 12.8. The van der Waals surface area contributed by atoms with E-state index in [2.05, 4.69) is 0 Å². The van der Waals surface area contributed by atoms with E-state index in [0.717, 1.165) is 15.3 Å². The molecule has 3 rings (SSSR count). The lowest BCUT2D eigenvalue weighted by Gasteiger charge is -2.23. The number of sulfonamides is 1. The van der Waals surface area contributed by atoms with Gasteiger partial charge in [-0.3, -0.25) is 9.10 Å². The monoisotopic (exact) mass is 362 g/mol. The normalized spacial score (nSPS) is 17.2. The zero-order valence-electron chi connectivity index (χ0n) is 12.6. The maximum absolute atomic E-state index is 12.8. The number of para-hydroxylation sites is 1. The van der Waals surface area contributed by atoms with Crippen LogP contribution in [0, 0.1) is 0 Å². The SMILES string of the molecule is NC(=O)[C@@H]1Cc2ccccc2N1S(=O)(=O)/C=C/c1ccc(Cl)cc1. The highest BCUT2D eigenvalue weighted by molar-refractivity contribution is 7.95. The number of hydrogen-bond donors (Lipinski definition) is 1. The third-order valence-electron chi connectivity index (χ3n) is 3.83. The van der Waals surface area contributed by atoms with Gasteiger partial charge in [-0.1, -0.05) is 41.9 Å². The number of carbonyl (C=O) groups is 1. The zero-order valence-corrected chi connectivity index (χ0v) is 14.2. The van der Waals surface area contributed by atoms with Gasteiger partial charge in [0.1, 0.15) is 6.04 Å². The number of anilines is 1. The molecule has 0 bridgehead atoms. The van der Waals surface area contributed by atoms with E-state index < -0.39 is 22.0 Å². The van der Waals surface area contributed by atoms with Crippen molar-refractivity contribution in [2.45, 2.75) is 12.5 Å². The van der Waals surface area contributed by atoms with E-state index in [0.29, 0.717) is 16.3 Å². The summed E-state index contributed by atoms with van der Waals surface area (Å²) in [5.74, 6) is -0.672. The zero-order chi connectivity index (χ0) is 17.3. The van der Waals surface area contributed by atoms with Crippen LogP contribution in [-0.2, 0) is 21.2 Å². The minimum absolute atomic E-state index is 0.277. The molecule has 1 aliphatic heterocycles. The highest BCUT2D eigenvalue weighted by Gasteiger charge is 2.39. The van der Waals surface area contributed by atoms with Gasteiger partial charge < -0.3 is 5.73 Å². The van der Waals surface area contributed by atoms with Crippen molar-refractivity contribution >= 4 is 39.3 Å². The third-order valence-corrected chi connectivity index (χ3v) is 5.56. The average molecular weight is 363 g/mol. The van der Waals surface area contributed by atoms with Crippen LogP contribution >= 0.6 is 11.6 Å². The summed E-state index contributed by atoms with van der Waals surface area (Å²) in [5.41, 5.74) is 7.36. The lowest BCUT2D eigenvalue weighted by Crippen LogP contribution is -2.45. The van der Waals surface area contributed by atoms with Gasteiger partial charge in [0.25, 0.3) is 10.0 Å². The highest BCUT2D eigenvalue weighted by atomic mass is 35.5. The van der Waals surface area contributed by atoms with E-state index in [1.54, 1.807) is 48.5 Å². The molecule has 0 saturated heterocycles. The molecule has 1 amide bonds. The van der Waals surface area contributed by atoms with Gasteiger partial charge in [0.2, 0.25) is 5.91 Å². The lowest BCUT2D eigenvalue weighted by atomic mass is 10.1. The van der Waals surface area contributed by atoms with Crippen LogP contribution in [0.3, 0.4) is 0 Å². The minimum atomic E-state index is -3.86. The Hall–Kier alpha value is -2.31. The molecule has 1 aliphatic rings. The molecule has 124 valence electrons. The lowest BCUT2D eigenvalue weighted by molar-refractivity contribution is -0.118. The third kappa shape index (κ3) is 3.16. The van der Waals surface area contributed by atoms with Crippen molar-refractivity contribution in [2.24, 2.45) is 5.73 Å². The highest BCUT2D eigenvalue weighted by Crippen LogP contribution is 2.34. The number of nitrogens with zero attached hydrogens (tertiary/aromatic N) is 1. The second kappa shape index (κ2) is 6.30. The number of primary amides is 1. The smallest absolute Gasteiger partial charge is 0.258 e. The Kier molecular flexibility index (Phi) is 4.34. The number of carbonyl (C=O) groups excluding carboxylic acids is 1. The van der Waals surface area contributed by atoms with Crippen molar-refractivity contribution in [1.82, 2.24) is 0 Å². The summed E-state index contributed by atoms with van der Waals surface area (Å²) < 4.78 is 26.6. The summed E-state index contributed by atoms with van der Waals surface area (Å²) in [6.45, 7) is 0. The molecule has 0 unspecified atom stereocenters. The van der Waals surface area contributed by atoms with E-state index >= 15 is 0 Å². The molecule has 24 heavy (non-hydrogen) atoms. The first kappa shape index (κ1) is 16.5. The molecule has 7 heteroatoms. The van der Waals surface area contributed by atoms with Gasteiger partial charge in [0, 0.05) is 11.4 Å². The minimum Gasteiger partial charge on any atom is -0.368 e. The van der Waals surface area contributed by atoms with Gasteiger partial charge in [-0.25, -0.2) is 8.42 Å². The summed E-state index contributed by atoms with van der Waals surface area (Å²) in [6.07, 6.45) is 1.74. The van der Waals surface area contributed by atoms with E-state index in [4.69, 9.17) is 17.3 Å². The number of amides is 1. The quantitative estimate of drug-likeness (QED) is 0.907. The van der Waals surface area contributed by atoms with Crippen LogP contribution in [0.4, 0.5) is 5.69 Å². The Morgan fingerprint density at radius 3 is 2.50 bits per heavy atom. The first-order valence-electron chi connectivity index (χ1n) is 7.24. The van der Waals surface area contributed by atoms with Gasteiger partial charge in [-0.05, 0) is 35.4 Å². The van der Waals surface area contributed by atoms with Gasteiger partial charge in [-0.2, -0.15) is 0 Å². The van der Waals surface area contributed by atoms with E-state index in [1.165, 1.54) is 6.08 Å². The van der Waals surface area contributed by atoms with Gasteiger partial charge >= 0.3 is 0 Å². The predicted octanol–water partition coefficient (Wildman–Crippen LogP) is 2.56. The van der Waals surface area contributed by atoms with Crippen molar-refractivity contribution in [1.29, 1.82) is 0 Å². The number of nitrogens with two attached hydrogens (primary N) is 1. The first-order valence-corrected chi connectivity index (χ1v) is 9.12. The molecule has 0 spiro atoms. The maximum Gasteiger partial charge on any atom is 0.258 e. The Labute approximate surface area is 145 Å². The van der Waals surface area contributed by atoms with Crippen LogP contribution in [0.2, 0.25) is 5.02 Å². The fourth-order valence-electron chi connectivity index (χ4n) is 2.69. The van der Waals surface area contributed by atoms with Crippen molar-refractivity contribution in [3.63, 3.8) is 0 Å². The Morgan fingerprint density at radius 1 is 1.17 bits per heavy atom. The molecule has 2 aromatic carbocycles. The number of halogens is 1. The molecule has 0 fully saturated rings. The molecule has 1 heterocycles. The summed E-state index contributed by atoms with van der Waals surface area (Å²) >= 11 is 5.81. The molecule has 1 atom stereocenters. The van der Waals surface area contributed by atoms with Crippen LogP contribution in [0.1, 0.15) is 11.1 Å². The van der Waals surface area contributed by atoms with E-state index in [9.17, 15) is 13.2 Å². The molecule has 2 aromatic rings. The number of hydrogen-bond acceptors (Lipinski definition) is 3. The molecular formula is C17H15ClN2O3S. The van der Waals surface area contributed by atoms with E-state index in [1.807, 2.05) is 0 Å². The second-order valence-electron chi connectivity index (χ2n) is 5.45. The van der Waals surface area contributed by atoms with Crippen LogP contribution in [0.15, 0.2) is 53.9 Å². The Balaban J connectivity index is 1.97. The van der Waals surface area contributed by atoms with Gasteiger partial charge in [0.05, 0.1) is 11.1 Å². The molecule has 0 aromatic heterocycles. The number of rotatable bonds is 4.